The Morgan fingerprint density at radius 2 is 0.935 bits per heavy atom. The SMILES string of the molecule is CC.CC.CCCCC1=NC12CCC2.CCCCN1CCN(CCCC)CC1.CCCN1CCCCC1.CCCNCCC.CCCc1ccc(C)c(O)c1.CCCc1ccc(C)c(OC)c1.CCCc1ccc(C)cc1. The Labute approximate surface area is 480 Å². The number of piperidine rings is 1. The molecule has 7 heteroatoms. The van der Waals surface area contributed by atoms with Crippen molar-refractivity contribution >= 4 is 5.71 Å². The number of phenolic OH excluding ortho intramolecular Hbond substituents is 1. The monoisotopic (exact) mass is 1070 g/mol. The molecular formula is C70H129N5O2. The van der Waals surface area contributed by atoms with E-state index in [9.17, 15) is 5.11 Å². The van der Waals surface area contributed by atoms with Crippen LogP contribution in [0.1, 0.15) is 245 Å². The number of piperazine rings is 1. The molecule has 2 N–H and O–H groups in total. The lowest BCUT2D eigenvalue weighted by Crippen LogP contribution is -2.46. The molecule has 3 aliphatic heterocycles. The summed E-state index contributed by atoms with van der Waals surface area (Å²) < 4.78 is 5.23. The van der Waals surface area contributed by atoms with Crippen molar-refractivity contribution in [3.8, 4) is 11.5 Å². The predicted molar refractivity (Wildman–Crippen MR) is 347 cm³/mol. The number of methoxy groups -OCH3 is 1. The number of nitrogens with zero attached hydrogens (tertiary/aromatic N) is 4. The zero-order valence-corrected chi connectivity index (χ0v) is 54.3. The van der Waals surface area contributed by atoms with Crippen LogP contribution in [0.2, 0.25) is 0 Å². The molecule has 0 aromatic heterocycles. The predicted octanol–water partition coefficient (Wildman–Crippen LogP) is 18.6. The molecule has 446 valence electrons. The molecular weight excluding hydrogens is 943 g/mol. The van der Waals surface area contributed by atoms with Gasteiger partial charge in [-0.25, -0.2) is 0 Å². The number of ether oxygens (including phenoxy) is 1. The Kier molecular flexibility index (Phi) is 51.4. The summed E-state index contributed by atoms with van der Waals surface area (Å²) in [5, 5.41) is 12.6. The number of aryl methyl sites for hydroxylation is 6. The average molecular weight is 1070 g/mol. The number of unbranched alkanes of at least 4 members (excludes halogenated alkanes) is 3. The van der Waals surface area contributed by atoms with Crippen LogP contribution in [0.15, 0.2) is 65.7 Å². The quantitative estimate of drug-likeness (QED) is 0.0978. The van der Waals surface area contributed by atoms with E-state index in [1.165, 1.54) is 222 Å². The maximum Gasteiger partial charge on any atom is 0.122 e. The van der Waals surface area contributed by atoms with E-state index in [1.54, 1.807) is 12.8 Å². The van der Waals surface area contributed by atoms with Gasteiger partial charge in [0.1, 0.15) is 11.5 Å². The van der Waals surface area contributed by atoms with E-state index in [0.29, 0.717) is 11.3 Å². The third kappa shape index (κ3) is 38.1. The second-order valence-corrected chi connectivity index (χ2v) is 21.3. The zero-order chi connectivity index (χ0) is 58.0. The van der Waals surface area contributed by atoms with E-state index in [1.807, 2.05) is 46.8 Å². The minimum atomic E-state index is 0.413. The summed E-state index contributed by atoms with van der Waals surface area (Å²) in [7, 11) is 1.72. The van der Waals surface area contributed by atoms with Crippen LogP contribution in [0.3, 0.4) is 0 Å². The summed E-state index contributed by atoms with van der Waals surface area (Å²) in [6.45, 7) is 48.2. The van der Waals surface area contributed by atoms with Crippen LogP contribution < -0.4 is 10.1 Å². The molecule has 3 aromatic carbocycles. The van der Waals surface area contributed by atoms with Gasteiger partial charge in [0.05, 0.1) is 12.6 Å². The molecule has 1 aliphatic carbocycles. The van der Waals surface area contributed by atoms with Crippen LogP contribution in [0.25, 0.3) is 0 Å². The van der Waals surface area contributed by atoms with Gasteiger partial charge in [-0.1, -0.05) is 189 Å². The van der Waals surface area contributed by atoms with Crippen LogP contribution in [0, 0.1) is 20.8 Å². The minimum Gasteiger partial charge on any atom is -0.508 e. The van der Waals surface area contributed by atoms with Crippen molar-refractivity contribution in [1.82, 2.24) is 20.0 Å². The Bertz CT molecular complexity index is 1740. The smallest absolute Gasteiger partial charge is 0.122 e. The van der Waals surface area contributed by atoms with Crippen LogP contribution in [0.5, 0.6) is 11.5 Å². The lowest BCUT2D eigenvalue weighted by molar-refractivity contribution is 0.130. The second kappa shape index (κ2) is 52.2. The van der Waals surface area contributed by atoms with Crippen molar-refractivity contribution in [3.63, 3.8) is 0 Å². The Morgan fingerprint density at radius 3 is 1.34 bits per heavy atom. The maximum absolute atomic E-state index is 9.33. The molecule has 0 amide bonds. The molecule has 0 unspecified atom stereocenters. The lowest BCUT2D eigenvalue weighted by atomic mass is 9.79. The molecule has 2 saturated heterocycles. The lowest BCUT2D eigenvalue weighted by Gasteiger charge is -2.34. The largest absolute Gasteiger partial charge is 0.508 e. The van der Waals surface area contributed by atoms with Gasteiger partial charge in [0, 0.05) is 31.9 Å². The molecule has 7 rings (SSSR count). The van der Waals surface area contributed by atoms with Gasteiger partial charge in [-0.05, 0) is 203 Å². The molecule has 0 bridgehead atoms. The first-order valence-corrected chi connectivity index (χ1v) is 32.4. The van der Waals surface area contributed by atoms with Crippen LogP contribution in [0.4, 0.5) is 0 Å². The van der Waals surface area contributed by atoms with Gasteiger partial charge in [0.25, 0.3) is 0 Å². The van der Waals surface area contributed by atoms with Gasteiger partial charge in [-0.3, -0.25) is 4.99 Å². The van der Waals surface area contributed by atoms with Crippen LogP contribution in [-0.4, -0.2) is 110 Å². The highest BCUT2D eigenvalue weighted by Gasteiger charge is 2.50. The fourth-order valence-corrected chi connectivity index (χ4v) is 9.20. The normalized spacial score (nSPS) is 14.9. The van der Waals surface area contributed by atoms with E-state index < -0.39 is 0 Å². The van der Waals surface area contributed by atoms with Gasteiger partial charge in [-0.2, -0.15) is 0 Å². The van der Waals surface area contributed by atoms with E-state index in [-0.39, 0.29) is 0 Å². The minimum absolute atomic E-state index is 0.413. The van der Waals surface area contributed by atoms with E-state index >= 15 is 0 Å². The number of aliphatic imine (C=N–C) groups is 1. The highest BCUT2D eigenvalue weighted by Crippen LogP contribution is 2.48. The van der Waals surface area contributed by atoms with E-state index in [4.69, 9.17) is 4.74 Å². The number of benzene rings is 3. The molecule has 1 saturated carbocycles. The number of hydrogen-bond acceptors (Lipinski definition) is 7. The number of rotatable bonds is 22. The third-order valence-corrected chi connectivity index (χ3v) is 14.2. The number of hydrogen-bond donors (Lipinski definition) is 2. The van der Waals surface area contributed by atoms with E-state index in [2.05, 4.69) is 150 Å². The zero-order valence-electron chi connectivity index (χ0n) is 54.3. The number of phenols is 1. The van der Waals surface area contributed by atoms with Gasteiger partial charge >= 0.3 is 0 Å². The van der Waals surface area contributed by atoms with Crippen molar-refractivity contribution in [1.29, 1.82) is 0 Å². The topological polar surface area (TPSA) is 63.6 Å². The molecule has 77 heavy (non-hydrogen) atoms. The summed E-state index contributed by atoms with van der Waals surface area (Å²) in [5.41, 5.74) is 9.56. The van der Waals surface area contributed by atoms with Gasteiger partial charge < -0.3 is 29.9 Å². The van der Waals surface area contributed by atoms with Gasteiger partial charge in [-0.15, -0.1) is 0 Å². The average Bonchev–Trinajstić information content (AvgIpc) is 4.21. The van der Waals surface area contributed by atoms with Crippen molar-refractivity contribution in [2.24, 2.45) is 4.99 Å². The molecule has 4 aliphatic rings. The number of likely N-dealkylation sites (tertiary alicyclic amines) is 1. The first-order chi connectivity index (χ1) is 37.4. The fourth-order valence-electron chi connectivity index (χ4n) is 9.20. The first-order valence-electron chi connectivity index (χ1n) is 32.4. The number of nitrogens with one attached hydrogen (secondary N) is 1. The van der Waals surface area contributed by atoms with Crippen molar-refractivity contribution in [2.45, 2.75) is 258 Å². The second-order valence-electron chi connectivity index (χ2n) is 21.3. The van der Waals surface area contributed by atoms with Gasteiger partial charge in [0.2, 0.25) is 0 Å². The highest BCUT2D eigenvalue weighted by molar-refractivity contribution is 6.06. The van der Waals surface area contributed by atoms with Crippen LogP contribution in [-0.2, 0) is 19.3 Å². The Hall–Kier alpha value is -3.23. The molecule has 7 nitrogen and oxygen atoms in total. The van der Waals surface area contributed by atoms with Crippen molar-refractivity contribution < 1.29 is 9.84 Å². The first kappa shape index (κ1) is 75.8. The van der Waals surface area contributed by atoms with Crippen LogP contribution >= 0.6 is 0 Å². The summed E-state index contributed by atoms with van der Waals surface area (Å²) in [6.07, 6.45) is 28.6. The molecule has 3 heterocycles. The third-order valence-electron chi connectivity index (χ3n) is 14.2. The molecule has 1 spiro atoms. The maximum atomic E-state index is 9.33. The summed E-state index contributed by atoms with van der Waals surface area (Å²) >= 11 is 0. The molecule has 0 atom stereocenters. The standard InChI is InChI=1S/C12H26N2.C11H16O.C10H14O.C10H14.C9H15N.C8H17N.C6H15N.2C2H6/c1-3-5-7-13-9-11-14(12-10-13)8-6-4-2;1-4-5-10-7-6-9(2)11(8-10)12-3;1-3-4-9-6-5-8(2)10(11)7-9;1-3-4-10-7-5-9(2)6-8-10;1-2-3-5-8-9(10-8)6-4-7-9;1-2-6-9-7-4-3-5-8-9;1-3-5-7-6-4-2;2*1-2/h3-12H2,1-2H3;6-8H,4-5H2,1-3H3;5-7,11H,3-4H2,1-2H3;5-8H,3-4H2,1-2H3;2-7H2,1H3;2-8H2,1H3;7H,3-6H2,1-2H3;2*1-2H3. The van der Waals surface area contributed by atoms with Crippen molar-refractivity contribution in [3.05, 3.63) is 94.0 Å². The Balaban J connectivity index is 0. The molecule has 0 radical (unpaired) electrons. The summed E-state index contributed by atoms with van der Waals surface area (Å²) in [4.78, 5) is 12.4. The van der Waals surface area contributed by atoms with Gasteiger partial charge in [0.15, 0.2) is 0 Å². The molecule has 3 fully saturated rings. The number of aromatic hydroxyl groups is 1. The van der Waals surface area contributed by atoms with Crippen molar-refractivity contribution in [2.75, 3.05) is 79.1 Å². The Morgan fingerprint density at radius 1 is 0.481 bits per heavy atom. The highest BCUT2D eigenvalue weighted by atomic mass is 16.5. The summed E-state index contributed by atoms with van der Waals surface area (Å²) in [5.74, 6) is 1.41. The fraction of sp³-hybridized carbons (Fsp3) is 0.729. The molecule has 3 aromatic rings. The summed E-state index contributed by atoms with van der Waals surface area (Å²) in [6, 6.07) is 21.0. The van der Waals surface area contributed by atoms with E-state index in [0.717, 1.165) is 30.6 Å².